The van der Waals surface area contributed by atoms with Gasteiger partial charge in [-0.1, -0.05) is 6.07 Å². The quantitative estimate of drug-likeness (QED) is 0.491. The lowest BCUT2D eigenvalue weighted by atomic mass is 10.0. The first-order valence-corrected chi connectivity index (χ1v) is 11.8. The molecule has 1 atom stereocenters. The molecule has 0 spiro atoms. The molecule has 0 saturated carbocycles. The summed E-state index contributed by atoms with van der Waals surface area (Å²) in [7, 11) is 0. The Morgan fingerprint density at radius 1 is 1.00 bits per heavy atom. The molecule has 7 nitrogen and oxygen atoms in total. The highest BCUT2D eigenvalue weighted by Crippen LogP contribution is 2.31. The molecule has 1 aliphatic heterocycles. The van der Waals surface area contributed by atoms with Crippen LogP contribution in [0, 0.1) is 0 Å². The highest BCUT2D eigenvalue weighted by atomic mass is 79.9. The van der Waals surface area contributed by atoms with Gasteiger partial charge < -0.3 is 10.2 Å². The largest absolute Gasteiger partial charge is 0.453 e. The highest BCUT2D eigenvalue weighted by molar-refractivity contribution is 9.10. The van der Waals surface area contributed by atoms with Crippen LogP contribution >= 0.6 is 15.9 Å². The van der Waals surface area contributed by atoms with Crippen molar-refractivity contribution >= 4 is 27.6 Å². The Labute approximate surface area is 197 Å². The average Bonchev–Trinajstić information content (AvgIpc) is 3.41. The highest BCUT2D eigenvalue weighted by Gasteiger charge is 2.37. The normalized spacial score (nSPS) is 19.3. The van der Waals surface area contributed by atoms with Crippen molar-refractivity contribution in [3.8, 4) is 5.95 Å². The van der Waals surface area contributed by atoms with Crippen LogP contribution in [0.15, 0.2) is 35.1 Å². The Morgan fingerprint density at radius 2 is 1.70 bits per heavy atom. The number of hydrogen-bond donors (Lipinski definition) is 1. The molecule has 0 radical (unpaired) electrons. The van der Waals surface area contributed by atoms with Gasteiger partial charge in [0.1, 0.15) is 0 Å². The van der Waals surface area contributed by atoms with Crippen LogP contribution < -0.4 is 5.32 Å². The van der Waals surface area contributed by atoms with Crippen molar-refractivity contribution in [2.24, 2.45) is 0 Å². The number of halogens is 4. The molecule has 2 aromatic heterocycles. The molecular formula is C22H23BrF3N7. The second-order valence-corrected chi connectivity index (χ2v) is 9.37. The number of benzene rings is 1. The van der Waals surface area contributed by atoms with Gasteiger partial charge in [0.2, 0.25) is 5.95 Å². The number of aryl methyl sites for hydroxylation is 2. The number of anilines is 2. The Hall–Kier alpha value is -2.53. The van der Waals surface area contributed by atoms with E-state index >= 15 is 0 Å². The fraction of sp³-hybridized carbons (Fsp3) is 0.455. The van der Waals surface area contributed by atoms with E-state index in [1.165, 1.54) is 49.5 Å². The van der Waals surface area contributed by atoms with Gasteiger partial charge >= 0.3 is 6.18 Å². The number of nitrogens with zero attached hydrogens (tertiary/aromatic N) is 6. The minimum absolute atomic E-state index is 0.00749. The van der Waals surface area contributed by atoms with Gasteiger partial charge in [-0.25, -0.2) is 9.97 Å². The molecule has 1 saturated heterocycles. The topological polar surface area (TPSA) is 71.8 Å². The number of hydrogen-bond acceptors (Lipinski definition) is 6. The fourth-order valence-electron chi connectivity index (χ4n) is 4.64. The summed E-state index contributed by atoms with van der Waals surface area (Å²) in [5.41, 5.74) is 3.19. The number of aromatic nitrogens is 5. The van der Waals surface area contributed by atoms with E-state index in [1.54, 1.807) is 0 Å². The van der Waals surface area contributed by atoms with Gasteiger partial charge in [-0.05, 0) is 90.8 Å². The lowest BCUT2D eigenvalue weighted by molar-refractivity contribution is -0.144. The summed E-state index contributed by atoms with van der Waals surface area (Å²) < 4.78 is 41.5. The van der Waals surface area contributed by atoms with Crippen molar-refractivity contribution < 1.29 is 13.2 Å². The van der Waals surface area contributed by atoms with Gasteiger partial charge in [-0.3, -0.25) is 0 Å². The molecule has 1 fully saturated rings. The molecule has 174 valence electrons. The third-order valence-corrected chi connectivity index (χ3v) is 6.68. The minimum atomic E-state index is -4.69. The molecule has 11 heteroatoms. The van der Waals surface area contributed by atoms with Gasteiger partial charge in [0.15, 0.2) is 0 Å². The summed E-state index contributed by atoms with van der Waals surface area (Å²) in [6.45, 7) is 2.37. The molecule has 1 unspecified atom stereocenters. The Kier molecular flexibility index (Phi) is 6.09. The number of fused-ring (bicyclic) bond motifs is 1. The SMILES string of the molecule is FC(F)(F)c1nc(Nc2ccc3c(c2)CCC(N2CCCC2)CC3)n(-c2ncc(Br)cn2)n1. The lowest BCUT2D eigenvalue weighted by Gasteiger charge is -2.25. The van der Waals surface area contributed by atoms with Crippen LogP contribution in [0.1, 0.15) is 42.6 Å². The van der Waals surface area contributed by atoms with E-state index in [0.717, 1.165) is 30.4 Å². The van der Waals surface area contributed by atoms with Crippen LogP contribution in [0.2, 0.25) is 0 Å². The van der Waals surface area contributed by atoms with Crippen molar-refractivity contribution in [3.05, 3.63) is 52.0 Å². The molecule has 3 aromatic rings. The fourth-order valence-corrected chi connectivity index (χ4v) is 4.84. The smallest absolute Gasteiger partial charge is 0.324 e. The standard InChI is InChI=1S/C22H23BrF3N7/c23-16-12-27-20(28-13-16)33-21(30-19(31-33)22(24,25)26)29-17-6-3-14-4-7-18(8-5-15(14)11-17)32-9-1-2-10-32/h3,6,11-13,18H,1-2,4-5,7-10H2,(H,29,30,31). The zero-order valence-electron chi connectivity index (χ0n) is 17.8. The molecule has 3 heterocycles. The van der Waals surface area contributed by atoms with E-state index in [2.05, 4.69) is 52.3 Å². The maximum Gasteiger partial charge on any atom is 0.453 e. The van der Waals surface area contributed by atoms with E-state index in [1.807, 2.05) is 12.1 Å². The van der Waals surface area contributed by atoms with Crippen LogP contribution in [0.3, 0.4) is 0 Å². The van der Waals surface area contributed by atoms with E-state index in [4.69, 9.17) is 0 Å². The zero-order valence-corrected chi connectivity index (χ0v) is 19.4. The first-order chi connectivity index (χ1) is 15.9. The summed E-state index contributed by atoms with van der Waals surface area (Å²) in [6.07, 6.45) is 4.96. The summed E-state index contributed by atoms with van der Waals surface area (Å²) in [6, 6.07) is 6.55. The number of alkyl halides is 3. The van der Waals surface area contributed by atoms with Crippen molar-refractivity contribution in [1.82, 2.24) is 29.6 Å². The molecule has 0 amide bonds. The molecule has 0 bridgehead atoms. The second-order valence-electron chi connectivity index (χ2n) is 8.45. The Morgan fingerprint density at radius 3 is 2.39 bits per heavy atom. The maximum absolute atomic E-state index is 13.3. The summed E-state index contributed by atoms with van der Waals surface area (Å²) in [5, 5.41) is 6.61. The van der Waals surface area contributed by atoms with E-state index in [0.29, 0.717) is 16.2 Å². The summed E-state index contributed by atoms with van der Waals surface area (Å²) >= 11 is 3.23. The summed E-state index contributed by atoms with van der Waals surface area (Å²) in [5.74, 6) is -1.35. The average molecular weight is 522 g/mol. The molecule has 2 aliphatic rings. The number of rotatable bonds is 4. The molecule has 33 heavy (non-hydrogen) atoms. The van der Waals surface area contributed by atoms with E-state index < -0.39 is 12.0 Å². The first-order valence-electron chi connectivity index (χ1n) is 11.0. The van der Waals surface area contributed by atoms with Gasteiger partial charge in [-0.2, -0.15) is 22.8 Å². The molecule has 1 N–H and O–H groups in total. The first kappa shape index (κ1) is 22.3. The van der Waals surface area contributed by atoms with Crippen molar-refractivity contribution in [2.45, 2.75) is 50.7 Å². The Bertz CT molecular complexity index is 1120. The minimum Gasteiger partial charge on any atom is -0.324 e. The molecule has 1 aromatic carbocycles. The van der Waals surface area contributed by atoms with Gasteiger partial charge in [0.05, 0.1) is 4.47 Å². The number of likely N-dealkylation sites (tertiary alicyclic amines) is 1. The maximum atomic E-state index is 13.3. The van der Waals surface area contributed by atoms with Crippen molar-refractivity contribution in [2.75, 3.05) is 18.4 Å². The Balaban J connectivity index is 1.40. The lowest BCUT2D eigenvalue weighted by Crippen LogP contribution is -2.32. The second kappa shape index (κ2) is 9.02. The predicted octanol–water partition coefficient (Wildman–Crippen LogP) is 4.93. The summed E-state index contributed by atoms with van der Waals surface area (Å²) in [4.78, 5) is 14.4. The molecule has 5 rings (SSSR count). The number of nitrogens with one attached hydrogen (secondary N) is 1. The van der Waals surface area contributed by atoms with Gasteiger partial charge in [0, 0.05) is 24.1 Å². The van der Waals surface area contributed by atoms with Crippen LogP contribution in [0.25, 0.3) is 5.95 Å². The van der Waals surface area contributed by atoms with Crippen LogP contribution in [-0.2, 0) is 19.0 Å². The zero-order chi connectivity index (χ0) is 23.0. The molecule has 1 aliphatic carbocycles. The van der Waals surface area contributed by atoms with E-state index in [-0.39, 0.29) is 11.9 Å². The van der Waals surface area contributed by atoms with Gasteiger partial charge in [-0.15, -0.1) is 5.10 Å². The van der Waals surface area contributed by atoms with Gasteiger partial charge in [0.25, 0.3) is 11.8 Å². The van der Waals surface area contributed by atoms with Crippen LogP contribution in [0.4, 0.5) is 24.8 Å². The van der Waals surface area contributed by atoms with E-state index in [9.17, 15) is 13.2 Å². The van der Waals surface area contributed by atoms with Crippen molar-refractivity contribution in [3.63, 3.8) is 0 Å². The van der Waals surface area contributed by atoms with Crippen LogP contribution in [-0.4, -0.2) is 48.8 Å². The third-order valence-electron chi connectivity index (χ3n) is 6.27. The van der Waals surface area contributed by atoms with Crippen molar-refractivity contribution in [1.29, 1.82) is 0 Å². The third kappa shape index (κ3) is 4.89. The monoisotopic (exact) mass is 521 g/mol. The molecular weight excluding hydrogens is 499 g/mol. The van der Waals surface area contributed by atoms with Crippen LogP contribution in [0.5, 0.6) is 0 Å². The predicted molar refractivity (Wildman–Crippen MR) is 121 cm³/mol.